The molecule has 0 saturated carbocycles. The molecule has 2 nitrogen and oxygen atoms in total. The van der Waals surface area contributed by atoms with Crippen molar-refractivity contribution in [3.8, 4) is 0 Å². The topological polar surface area (TPSA) is 25.8 Å². The minimum atomic E-state index is -0.228. The first-order valence-electron chi connectivity index (χ1n) is 4.71. The first-order chi connectivity index (χ1) is 8.16. The second kappa shape index (κ2) is 5.97. The number of hydrogen-bond acceptors (Lipinski definition) is 3. The fourth-order valence-corrected chi connectivity index (χ4v) is 2.36. The second-order valence-corrected chi connectivity index (χ2v) is 5.68. The minimum Gasteiger partial charge on any atom is -0.239 e. The summed E-state index contributed by atoms with van der Waals surface area (Å²) in [6.07, 6.45) is 1.66. The molecule has 1 aromatic heterocycles. The van der Waals surface area contributed by atoms with Gasteiger partial charge in [0.2, 0.25) is 0 Å². The normalized spacial score (nSPS) is 10.5. The Hall–Kier alpha value is -0.400. The van der Waals surface area contributed by atoms with Crippen molar-refractivity contribution in [2.24, 2.45) is 0 Å². The maximum Gasteiger partial charge on any atom is 0.146 e. The number of benzene rings is 1. The molecular weight excluding hydrogens is 374 g/mol. The standard InChI is InChI=1S/C11H7ClFIN2S/c12-11-8(14)5-15-10(16-11)6-17-9-4-2-1-3-7(9)13/h1-5H,6H2. The highest BCUT2D eigenvalue weighted by Crippen LogP contribution is 2.24. The Morgan fingerprint density at radius 1 is 1.35 bits per heavy atom. The van der Waals surface area contributed by atoms with Crippen LogP contribution in [-0.4, -0.2) is 9.97 Å². The van der Waals surface area contributed by atoms with Crippen LogP contribution in [0.25, 0.3) is 0 Å². The Bertz CT molecular complexity index is 539. The zero-order valence-corrected chi connectivity index (χ0v) is 12.3. The third-order valence-corrected chi connectivity index (χ3v) is 4.39. The molecule has 0 atom stereocenters. The van der Waals surface area contributed by atoms with Crippen LogP contribution < -0.4 is 0 Å². The van der Waals surface area contributed by atoms with E-state index in [4.69, 9.17) is 11.6 Å². The van der Waals surface area contributed by atoms with E-state index < -0.39 is 0 Å². The lowest BCUT2D eigenvalue weighted by Crippen LogP contribution is -1.94. The van der Waals surface area contributed by atoms with E-state index in [0.29, 0.717) is 21.6 Å². The Balaban J connectivity index is 2.08. The summed E-state index contributed by atoms with van der Waals surface area (Å²) in [6.45, 7) is 0. The lowest BCUT2D eigenvalue weighted by molar-refractivity contribution is 0.602. The average molecular weight is 381 g/mol. The number of hydrogen-bond donors (Lipinski definition) is 0. The van der Waals surface area contributed by atoms with E-state index in [0.717, 1.165) is 3.57 Å². The molecular formula is C11H7ClFIN2S. The molecule has 0 bridgehead atoms. The van der Waals surface area contributed by atoms with Crippen LogP contribution in [0, 0.1) is 9.39 Å². The molecule has 88 valence electrons. The van der Waals surface area contributed by atoms with Gasteiger partial charge < -0.3 is 0 Å². The fraction of sp³-hybridized carbons (Fsp3) is 0.0909. The van der Waals surface area contributed by atoms with E-state index in [1.807, 2.05) is 0 Å². The smallest absolute Gasteiger partial charge is 0.146 e. The number of aromatic nitrogens is 2. The highest BCUT2D eigenvalue weighted by atomic mass is 127. The molecule has 0 amide bonds. The first-order valence-corrected chi connectivity index (χ1v) is 7.15. The van der Waals surface area contributed by atoms with Gasteiger partial charge in [-0.2, -0.15) is 0 Å². The quantitative estimate of drug-likeness (QED) is 0.454. The average Bonchev–Trinajstić information content (AvgIpc) is 2.32. The number of thioether (sulfide) groups is 1. The summed E-state index contributed by atoms with van der Waals surface area (Å²) in [5, 5.41) is 0.435. The molecule has 0 aliphatic heterocycles. The largest absolute Gasteiger partial charge is 0.239 e. The third-order valence-electron chi connectivity index (χ3n) is 1.94. The molecule has 0 unspecified atom stereocenters. The predicted octanol–water partition coefficient (Wildman–Crippen LogP) is 4.17. The van der Waals surface area contributed by atoms with Crippen molar-refractivity contribution in [3.05, 3.63) is 50.8 Å². The molecule has 0 aliphatic rings. The van der Waals surface area contributed by atoms with Crippen LogP contribution in [0.2, 0.25) is 5.15 Å². The van der Waals surface area contributed by atoms with Crippen molar-refractivity contribution in [1.82, 2.24) is 9.97 Å². The summed E-state index contributed by atoms with van der Waals surface area (Å²) in [7, 11) is 0. The van der Waals surface area contributed by atoms with Gasteiger partial charge in [0, 0.05) is 11.1 Å². The van der Waals surface area contributed by atoms with Gasteiger partial charge >= 0.3 is 0 Å². The molecule has 6 heteroatoms. The van der Waals surface area contributed by atoms with Gasteiger partial charge in [0.1, 0.15) is 16.8 Å². The van der Waals surface area contributed by atoms with Gasteiger partial charge in [-0.05, 0) is 34.7 Å². The van der Waals surface area contributed by atoms with Crippen LogP contribution in [-0.2, 0) is 5.75 Å². The third kappa shape index (κ3) is 3.53. The zero-order valence-electron chi connectivity index (χ0n) is 8.53. The van der Waals surface area contributed by atoms with Crippen LogP contribution in [0.4, 0.5) is 4.39 Å². The van der Waals surface area contributed by atoms with Gasteiger partial charge in [-0.1, -0.05) is 23.7 Å². The Labute approximate surface area is 121 Å². The summed E-state index contributed by atoms with van der Waals surface area (Å²) in [6, 6.07) is 6.63. The number of nitrogens with zero attached hydrogens (tertiary/aromatic N) is 2. The summed E-state index contributed by atoms with van der Waals surface area (Å²) >= 11 is 9.30. The van der Waals surface area contributed by atoms with Gasteiger partial charge in [0.15, 0.2) is 0 Å². The summed E-state index contributed by atoms with van der Waals surface area (Å²) in [5.74, 6) is 0.871. The van der Waals surface area contributed by atoms with Crippen molar-refractivity contribution in [3.63, 3.8) is 0 Å². The lowest BCUT2D eigenvalue weighted by Gasteiger charge is -2.03. The van der Waals surface area contributed by atoms with Crippen molar-refractivity contribution < 1.29 is 4.39 Å². The molecule has 2 rings (SSSR count). The molecule has 0 spiro atoms. The van der Waals surface area contributed by atoms with E-state index in [1.165, 1.54) is 17.8 Å². The Kier molecular flexibility index (Phi) is 4.58. The van der Waals surface area contributed by atoms with E-state index in [9.17, 15) is 4.39 Å². The van der Waals surface area contributed by atoms with Crippen LogP contribution in [0.15, 0.2) is 35.4 Å². The van der Waals surface area contributed by atoms with Crippen LogP contribution >= 0.6 is 46.0 Å². The SMILES string of the molecule is Fc1ccccc1SCc1ncc(I)c(Cl)n1. The van der Waals surface area contributed by atoms with Crippen molar-refractivity contribution in [2.45, 2.75) is 10.6 Å². The molecule has 0 radical (unpaired) electrons. The molecule has 1 heterocycles. The highest BCUT2D eigenvalue weighted by molar-refractivity contribution is 14.1. The van der Waals surface area contributed by atoms with Gasteiger partial charge in [-0.15, -0.1) is 11.8 Å². The molecule has 0 aliphatic carbocycles. The van der Waals surface area contributed by atoms with Gasteiger partial charge in [-0.3, -0.25) is 0 Å². The van der Waals surface area contributed by atoms with Gasteiger partial charge in [0.25, 0.3) is 0 Å². The number of rotatable bonds is 3. The minimum absolute atomic E-state index is 0.228. The van der Waals surface area contributed by atoms with Crippen molar-refractivity contribution in [2.75, 3.05) is 0 Å². The van der Waals surface area contributed by atoms with Crippen LogP contribution in [0.1, 0.15) is 5.82 Å². The summed E-state index contributed by atoms with van der Waals surface area (Å²) in [5.41, 5.74) is 0. The van der Waals surface area contributed by atoms with Crippen molar-refractivity contribution in [1.29, 1.82) is 0 Å². The van der Waals surface area contributed by atoms with Crippen LogP contribution in [0.3, 0.4) is 0 Å². The van der Waals surface area contributed by atoms with Crippen molar-refractivity contribution >= 4 is 46.0 Å². The fourth-order valence-electron chi connectivity index (χ4n) is 1.15. The highest BCUT2D eigenvalue weighted by Gasteiger charge is 2.05. The molecule has 2 aromatic rings. The van der Waals surface area contributed by atoms with Gasteiger partial charge in [0.05, 0.1) is 9.32 Å². The monoisotopic (exact) mass is 380 g/mol. The molecule has 17 heavy (non-hydrogen) atoms. The second-order valence-electron chi connectivity index (χ2n) is 3.14. The van der Waals surface area contributed by atoms with Crippen LogP contribution in [0.5, 0.6) is 0 Å². The predicted molar refractivity (Wildman–Crippen MR) is 75.7 cm³/mol. The Morgan fingerprint density at radius 3 is 2.82 bits per heavy atom. The molecule has 0 fully saturated rings. The molecule has 0 saturated heterocycles. The lowest BCUT2D eigenvalue weighted by atomic mass is 10.3. The van der Waals surface area contributed by atoms with E-state index >= 15 is 0 Å². The molecule has 0 N–H and O–H groups in total. The summed E-state index contributed by atoms with van der Waals surface area (Å²) < 4.78 is 14.2. The first kappa shape index (κ1) is 13.0. The maximum absolute atomic E-state index is 13.3. The molecule has 1 aromatic carbocycles. The Morgan fingerprint density at radius 2 is 2.12 bits per heavy atom. The zero-order chi connectivity index (χ0) is 12.3. The summed E-state index contributed by atoms with van der Waals surface area (Å²) in [4.78, 5) is 8.85. The number of halogens is 3. The maximum atomic E-state index is 13.3. The van der Waals surface area contributed by atoms with E-state index in [2.05, 4.69) is 32.6 Å². The van der Waals surface area contributed by atoms with E-state index in [1.54, 1.807) is 24.4 Å². The van der Waals surface area contributed by atoms with E-state index in [-0.39, 0.29) is 5.82 Å². The van der Waals surface area contributed by atoms with Gasteiger partial charge in [-0.25, -0.2) is 14.4 Å².